The summed E-state index contributed by atoms with van der Waals surface area (Å²) in [5.74, 6) is -0.545. The molecule has 0 saturated heterocycles. The van der Waals surface area contributed by atoms with Crippen LogP contribution in [-0.2, 0) is 9.53 Å². The van der Waals surface area contributed by atoms with Gasteiger partial charge in [0.15, 0.2) is 0 Å². The molecule has 1 unspecified atom stereocenters. The highest BCUT2D eigenvalue weighted by molar-refractivity contribution is 6.10. The third-order valence-corrected chi connectivity index (χ3v) is 3.55. The molecule has 0 radical (unpaired) electrons. The van der Waals surface area contributed by atoms with E-state index in [1.165, 1.54) is 7.11 Å². The maximum Gasteiger partial charge on any atom is 0.307 e. The van der Waals surface area contributed by atoms with Crippen LogP contribution in [0.25, 0.3) is 0 Å². The summed E-state index contributed by atoms with van der Waals surface area (Å²) in [6.07, 6.45) is 1.69. The maximum atomic E-state index is 12.6. The number of ether oxygens (including phenoxy) is 1. The van der Waals surface area contributed by atoms with Gasteiger partial charge in [-0.15, -0.1) is 0 Å². The van der Waals surface area contributed by atoms with Gasteiger partial charge in [-0.05, 0) is 18.2 Å². The number of rotatable bonds is 3. The standard InChI is InChI=1S/C16H14N2O3/c1-21-14(19)10-13-12-8-5-9-17-15(12)16(20)18(13)11-6-3-2-4-7-11/h2-9,13H,10H2,1H3. The third kappa shape index (κ3) is 2.27. The zero-order valence-corrected chi connectivity index (χ0v) is 11.5. The minimum absolute atomic E-state index is 0.107. The highest BCUT2D eigenvalue weighted by Gasteiger charge is 2.39. The third-order valence-electron chi connectivity index (χ3n) is 3.55. The number of anilines is 1. The van der Waals surface area contributed by atoms with E-state index in [1.54, 1.807) is 17.2 Å². The highest BCUT2D eigenvalue weighted by atomic mass is 16.5. The van der Waals surface area contributed by atoms with Crippen LogP contribution in [0.5, 0.6) is 0 Å². The van der Waals surface area contributed by atoms with Gasteiger partial charge in [0.1, 0.15) is 5.69 Å². The summed E-state index contributed by atoms with van der Waals surface area (Å²) < 4.78 is 4.75. The number of carbonyl (C=O) groups excluding carboxylic acids is 2. The second-order valence-corrected chi connectivity index (χ2v) is 4.75. The quantitative estimate of drug-likeness (QED) is 0.811. The molecule has 0 bridgehead atoms. The van der Waals surface area contributed by atoms with E-state index in [9.17, 15) is 9.59 Å². The molecule has 0 N–H and O–H groups in total. The lowest BCUT2D eigenvalue weighted by molar-refractivity contribution is -0.141. The van der Waals surface area contributed by atoms with Crippen LogP contribution in [0.1, 0.15) is 28.5 Å². The Balaban J connectivity index is 2.06. The Morgan fingerprint density at radius 3 is 2.71 bits per heavy atom. The first-order valence-electron chi connectivity index (χ1n) is 6.62. The lowest BCUT2D eigenvalue weighted by atomic mass is 10.1. The molecule has 0 spiro atoms. The van der Waals surface area contributed by atoms with Crippen molar-refractivity contribution in [1.29, 1.82) is 0 Å². The number of esters is 1. The smallest absolute Gasteiger partial charge is 0.307 e. The minimum atomic E-state index is -0.379. The Morgan fingerprint density at radius 2 is 2.00 bits per heavy atom. The number of hydrogen-bond donors (Lipinski definition) is 0. The number of benzene rings is 1. The van der Waals surface area contributed by atoms with Crippen molar-refractivity contribution in [2.75, 3.05) is 12.0 Å². The van der Waals surface area contributed by atoms with E-state index in [1.807, 2.05) is 36.4 Å². The topological polar surface area (TPSA) is 59.5 Å². The molecule has 0 aliphatic carbocycles. The Bertz CT molecular complexity index is 685. The molecule has 5 heteroatoms. The van der Waals surface area contributed by atoms with Crippen LogP contribution in [0.4, 0.5) is 5.69 Å². The van der Waals surface area contributed by atoms with Crippen molar-refractivity contribution in [3.05, 3.63) is 59.9 Å². The van der Waals surface area contributed by atoms with Gasteiger partial charge in [0, 0.05) is 17.4 Å². The number of carbonyl (C=O) groups is 2. The van der Waals surface area contributed by atoms with Gasteiger partial charge in [0.05, 0.1) is 19.6 Å². The highest BCUT2D eigenvalue weighted by Crippen LogP contribution is 2.38. The zero-order chi connectivity index (χ0) is 14.8. The van der Waals surface area contributed by atoms with E-state index < -0.39 is 0 Å². The van der Waals surface area contributed by atoms with Crippen LogP contribution in [0, 0.1) is 0 Å². The number of methoxy groups -OCH3 is 1. The minimum Gasteiger partial charge on any atom is -0.469 e. The summed E-state index contributed by atoms with van der Waals surface area (Å²) in [5.41, 5.74) is 1.90. The van der Waals surface area contributed by atoms with Crippen LogP contribution >= 0.6 is 0 Å². The molecule has 0 fully saturated rings. The van der Waals surface area contributed by atoms with Gasteiger partial charge < -0.3 is 4.74 Å². The van der Waals surface area contributed by atoms with Crippen molar-refractivity contribution in [3.8, 4) is 0 Å². The fraction of sp³-hybridized carbons (Fsp3) is 0.188. The molecule has 2 heterocycles. The van der Waals surface area contributed by atoms with E-state index in [-0.39, 0.29) is 24.3 Å². The SMILES string of the molecule is COC(=O)CC1c2cccnc2C(=O)N1c1ccccc1. The van der Waals surface area contributed by atoms with Gasteiger partial charge in [-0.25, -0.2) is 0 Å². The van der Waals surface area contributed by atoms with Crippen molar-refractivity contribution < 1.29 is 14.3 Å². The second-order valence-electron chi connectivity index (χ2n) is 4.75. The Morgan fingerprint density at radius 1 is 1.24 bits per heavy atom. The largest absolute Gasteiger partial charge is 0.469 e. The molecule has 106 valence electrons. The molecule has 1 aliphatic heterocycles. The van der Waals surface area contributed by atoms with Crippen molar-refractivity contribution in [3.63, 3.8) is 0 Å². The summed E-state index contributed by atoms with van der Waals surface area (Å²) in [6.45, 7) is 0. The van der Waals surface area contributed by atoms with E-state index in [4.69, 9.17) is 4.74 Å². The fourth-order valence-corrected chi connectivity index (χ4v) is 2.59. The summed E-state index contributed by atoms with van der Waals surface area (Å²) >= 11 is 0. The van der Waals surface area contributed by atoms with Crippen molar-refractivity contribution >= 4 is 17.6 Å². The number of hydrogen-bond acceptors (Lipinski definition) is 4. The second kappa shape index (κ2) is 5.36. The van der Waals surface area contributed by atoms with Crippen molar-refractivity contribution in [1.82, 2.24) is 4.98 Å². The molecule has 3 rings (SSSR count). The predicted molar refractivity (Wildman–Crippen MR) is 76.9 cm³/mol. The van der Waals surface area contributed by atoms with Crippen LogP contribution in [-0.4, -0.2) is 24.0 Å². The van der Waals surface area contributed by atoms with Gasteiger partial charge in [0.2, 0.25) is 0 Å². The molecule has 0 saturated carbocycles. The van der Waals surface area contributed by atoms with Gasteiger partial charge in [0.25, 0.3) is 5.91 Å². The lowest BCUT2D eigenvalue weighted by Gasteiger charge is -2.24. The molecule has 21 heavy (non-hydrogen) atoms. The molecule has 1 aromatic carbocycles. The first kappa shape index (κ1) is 13.3. The molecular formula is C16H14N2O3. The van der Waals surface area contributed by atoms with Crippen LogP contribution < -0.4 is 4.90 Å². The summed E-state index contributed by atoms with van der Waals surface area (Å²) in [5, 5.41) is 0. The average molecular weight is 282 g/mol. The number of amides is 1. The normalized spacial score (nSPS) is 16.7. The number of para-hydroxylation sites is 1. The van der Waals surface area contributed by atoms with E-state index >= 15 is 0 Å². The summed E-state index contributed by atoms with van der Waals surface area (Å²) in [4.78, 5) is 30.0. The van der Waals surface area contributed by atoms with Crippen LogP contribution in [0.3, 0.4) is 0 Å². The molecule has 1 atom stereocenters. The molecule has 1 aliphatic rings. The predicted octanol–water partition coefficient (Wildman–Crippen LogP) is 2.35. The Hall–Kier alpha value is -2.69. The fourth-order valence-electron chi connectivity index (χ4n) is 2.59. The van der Waals surface area contributed by atoms with E-state index in [0.29, 0.717) is 5.69 Å². The van der Waals surface area contributed by atoms with Crippen LogP contribution in [0.2, 0.25) is 0 Å². The van der Waals surface area contributed by atoms with Gasteiger partial charge in [-0.3, -0.25) is 19.5 Å². The van der Waals surface area contributed by atoms with E-state index in [0.717, 1.165) is 11.3 Å². The number of nitrogens with zero attached hydrogens (tertiary/aromatic N) is 2. The van der Waals surface area contributed by atoms with Crippen LogP contribution in [0.15, 0.2) is 48.7 Å². The van der Waals surface area contributed by atoms with Gasteiger partial charge in [-0.2, -0.15) is 0 Å². The maximum absolute atomic E-state index is 12.6. The Kier molecular flexibility index (Phi) is 3.39. The number of aromatic nitrogens is 1. The van der Waals surface area contributed by atoms with Crippen molar-refractivity contribution in [2.24, 2.45) is 0 Å². The van der Waals surface area contributed by atoms with Crippen molar-refractivity contribution in [2.45, 2.75) is 12.5 Å². The molecule has 5 nitrogen and oxygen atoms in total. The average Bonchev–Trinajstić information content (AvgIpc) is 2.81. The summed E-state index contributed by atoms with van der Waals surface area (Å²) in [7, 11) is 1.34. The first-order chi connectivity index (χ1) is 10.2. The zero-order valence-electron chi connectivity index (χ0n) is 11.5. The first-order valence-corrected chi connectivity index (χ1v) is 6.62. The molecule has 2 aromatic rings. The van der Waals surface area contributed by atoms with E-state index in [2.05, 4.69) is 4.98 Å². The lowest BCUT2D eigenvalue weighted by Crippen LogP contribution is -2.29. The molecule has 1 aromatic heterocycles. The number of pyridine rings is 1. The van der Waals surface area contributed by atoms with Gasteiger partial charge >= 0.3 is 5.97 Å². The summed E-state index contributed by atoms with van der Waals surface area (Å²) in [6, 6.07) is 12.5. The Labute approximate surface area is 122 Å². The molecule has 1 amide bonds. The van der Waals surface area contributed by atoms with Gasteiger partial charge in [-0.1, -0.05) is 24.3 Å². The monoisotopic (exact) mass is 282 g/mol. The number of fused-ring (bicyclic) bond motifs is 1. The molecular weight excluding hydrogens is 268 g/mol.